The molecule has 0 aliphatic heterocycles. The van der Waals surface area contributed by atoms with Crippen LogP contribution in [-0.4, -0.2) is 9.78 Å². The molecule has 0 unspecified atom stereocenters. The zero-order chi connectivity index (χ0) is 8.43. The van der Waals surface area contributed by atoms with Crippen LogP contribution in [0.5, 0.6) is 0 Å². The number of nitrogens with zero attached hydrogens (tertiary/aromatic N) is 2. The van der Waals surface area contributed by atoms with E-state index in [2.05, 4.69) is 41.8 Å². The van der Waals surface area contributed by atoms with Gasteiger partial charge in [-0.2, -0.15) is 5.10 Å². The van der Waals surface area contributed by atoms with E-state index in [1.165, 1.54) is 11.3 Å². The molecule has 0 N–H and O–H groups in total. The lowest BCUT2D eigenvalue weighted by molar-refractivity contribution is 0.519. The van der Waals surface area contributed by atoms with E-state index in [1.54, 1.807) is 0 Å². The van der Waals surface area contributed by atoms with Crippen LogP contribution in [-0.2, 0) is 5.33 Å². The molecule has 1 rings (SSSR count). The fraction of sp³-hybridized carbons (Fsp3) is 0.625. The van der Waals surface area contributed by atoms with Crippen molar-refractivity contribution in [1.82, 2.24) is 9.78 Å². The predicted molar refractivity (Wildman–Crippen MR) is 50.0 cm³/mol. The molecule has 1 heterocycles. The van der Waals surface area contributed by atoms with Crippen LogP contribution in [0.2, 0.25) is 0 Å². The molecule has 0 amide bonds. The summed E-state index contributed by atoms with van der Waals surface area (Å²) >= 11 is 3.42. The van der Waals surface area contributed by atoms with Crippen molar-refractivity contribution >= 4 is 15.9 Å². The second-order valence-electron chi connectivity index (χ2n) is 2.93. The number of aromatic nitrogens is 2. The van der Waals surface area contributed by atoms with Crippen molar-refractivity contribution in [1.29, 1.82) is 0 Å². The highest BCUT2D eigenvalue weighted by molar-refractivity contribution is 9.08. The highest BCUT2D eigenvalue weighted by atomic mass is 79.9. The lowest BCUT2D eigenvalue weighted by Crippen LogP contribution is -2.04. The first-order valence-corrected chi connectivity index (χ1v) is 4.88. The van der Waals surface area contributed by atoms with E-state index in [0.29, 0.717) is 6.04 Å². The van der Waals surface area contributed by atoms with Crippen molar-refractivity contribution in [3.8, 4) is 0 Å². The number of alkyl halides is 1. The first kappa shape index (κ1) is 8.78. The monoisotopic (exact) mass is 216 g/mol. The van der Waals surface area contributed by atoms with Gasteiger partial charge in [0.1, 0.15) is 0 Å². The predicted octanol–water partition coefficient (Wildman–Crippen LogP) is 2.67. The van der Waals surface area contributed by atoms with Crippen LogP contribution in [0, 0.1) is 6.92 Å². The third kappa shape index (κ3) is 1.64. The first-order valence-electron chi connectivity index (χ1n) is 3.75. The summed E-state index contributed by atoms with van der Waals surface area (Å²) < 4.78 is 2.04. The average molecular weight is 217 g/mol. The smallest absolute Gasteiger partial charge is 0.0533 e. The minimum absolute atomic E-state index is 0.461. The third-order valence-corrected chi connectivity index (χ3v) is 2.38. The zero-order valence-electron chi connectivity index (χ0n) is 7.13. The van der Waals surface area contributed by atoms with Gasteiger partial charge in [0.05, 0.1) is 6.20 Å². The second kappa shape index (κ2) is 3.39. The summed E-state index contributed by atoms with van der Waals surface area (Å²) in [5, 5.41) is 5.17. The molecule has 11 heavy (non-hydrogen) atoms. The number of hydrogen-bond donors (Lipinski definition) is 0. The Morgan fingerprint density at radius 1 is 1.64 bits per heavy atom. The molecular formula is C8H13BrN2. The van der Waals surface area contributed by atoms with Gasteiger partial charge in [0, 0.05) is 22.6 Å². The van der Waals surface area contributed by atoms with Crippen LogP contribution < -0.4 is 0 Å². The minimum Gasteiger partial charge on any atom is -0.267 e. The van der Waals surface area contributed by atoms with Gasteiger partial charge < -0.3 is 0 Å². The van der Waals surface area contributed by atoms with E-state index >= 15 is 0 Å². The molecule has 62 valence electrons. The van der Waals surface area contributed by atoms with E-state index in [-0.39, 0.29) is 0 Å². The Kier molecular flexibility index (Phi) is 2.71. The molecule has 0 aromatic carbocycles. The molecule has 2 nitrogen and oxygen atoms in total. The molecule has 0 radical (unpaired) electrons. The lowest BCUT2D eigenvalue weighted by Gasteiger charge is -2.07. The molecule has 0 bridgehead atoms. The van der Waals surface area contributed by atoms with Gasteiger partial charge in [0.2, 0.25) is 0 Å². The van der Waals surface area contributed by atoms with Crippen molar-refractivity contribution in [2.24, 2.45) is 0 Å². The standard InChI is InChI=1S/C8H13BrN2/c1-6(2)11-7(3)8(4-9)5-10-11/h5-6H,4H2,1-3H3. The summed E-state index contributed by atoms with van der Waals surface area (Å²) in [6, 6.07) is 0.461. The Balaban J connectivity index is 3.00. The fourth-order valence-electron chi connectivity index (χ4n) is 1.11. The van der Waals surface area contributed by atoms with Crippen molar-refractivity contribution in [3.63, 3.8) is 0 Å². The molecule has 0 spiro atoms. The molecular weight excluding hydrogens is 204 g/mol. The summed E-state index contributed by atoms with van der Waals surface area (Å²) in [4.78, 5) is 0. The molecule has 1 aromatic heterocycles. The molecule has 0 saturated heterocycles. The Morgan fingerprint density at radius 2 is 2.27 bits per heavy atom. The van der Waals surface area contributed by atoms with E-state index in [1.807, 2.05) is 10.9 Å². The number of halogens is 1. The molecule has 0 saturated carbocycles. The van der Waals surface area contributed by atoms with Gasteiger partial charge in [-0.1, -0.05) is 15.9 Å². The van der Waals surface area contributed by atoms with Crippen molar-refractivity contribution in [2.45, 2.75) is 32.1 Å². The molecule has 0 aliphatic carbocycles. The fourth-order valence-corrected chi connectivity index (χ4v) is 1.66. The van der Waals surface area contributed by atoms with Crippen molar-refractivity contribution in [3.05, 3.63) is 17.5 Å². The maximum atomic E-state index is 4.27. The van der Waals surface area contributed by atoms with E-state index in [0.717, 1.165) is 5.33 Å². The molecule has 0 aliphatic rings. The van der Waals surface area contributed by atoms with Gasteiger partial charge in [-0.3, -0.25) is 4.68 Å². The SMILES string of the molecule is Cc1c(CBr)cnn1C(C)C. The van der Waals surface area contributed by atoms with Gasteiger partial charge in [0.15, 0.2) is 0 Å². The van der Waals surface area contributed by atoms with Crippen LogP contribution in [0.15, 0.2) is 6.20 Å². The minimum atomic E-state index is 0.461. The topological polar surface area (TPSA) is 17.8 Å². The Bertz CT molecular complexity index is 240. The Labute approximate surface area is 75.7 Å². The summed E-state index contributed by atoms with van der Waals surface area (Å²) in [5.74, 6) is 0. The number of hydrogen-bond acceptors (Lipinski definition) is 1. The van der Waals surface area contributed by atoms with E-state index in [9.17, 15) is 0 Å². The van der Waals surface area contributed by atoms with Gasteiger partial charge in [-0.05, 0) is 20.8 Å². The normalized spacial score (nSPS) is 11.0. The first-order chi connectivity index (χ1) is 5.16. The van der Waals surface area contributed by atoms with Gasteiger partial charge in [0.25, 0.3) is 0 Å². The van der Waals surface area contributed by atoms with E-state index in [4.69, 9.17) is 0 Å². The summed E-state index contributed by atoms with van der Waals surface area (Å²) in [6.45, 7) is 6.37. The zero-order valence-corrected chi connectivity index (χ0v) is 8.72. The molecule has 0 fully saturated rings. The lowest BCUT2D eigenvalue weighted by atomic mass is 10.3. The van der Waals surface area contributed by atoms with Crippen LogP contribution in [0.3, 0.4) is 0 Å². The molecule has 0 atom stereocenters. The highest BCUT2D eigenvalue weighted by Gasteiger charge is 2.06. The largest absolute Gasteiger partial charge is 0.267 e. The second-order valence-corrected chi connectivity index (χ2v) is 3.49. The maximum absolute atomic E-state index is 4.27. The summed E-state index contributed by atoms with van der Waals surface area (Å²) in [5.41, 5.74) is 2.54. The summed E-state index contributed by atoms with van der Waals surface area (Å²) in [7, 11) is 0. The summed E-state index contributed by atoms with van der Waals surface area (Å²) in [6.07, 6.45) is 1.92. The van der Waals surface area contributed by atoms with Gasteiger partial charge in [-0.15, -0.1) is 0 Å². The van der Waals surface area contributed by atoms with Crippen molar-refractivity contribution in [2.75, 3.05) is 0 Å². The Hall–Kier alpha value is -0.310. The van der Waals surface area contributed by atoms with Gasteiger partial charge in [-0.25, -0.2) is 0 Å². The van der Waals surface area contributed by atoms with Crippen LogP contribution in [0.25, 0.3) is 0 Å². The van der Waals surface area contributed by atoms with Crippen LogP contribution in [0.1, 0.15) is 31.1 Å². The van der Waals surface area contributed by atoms with Gasteiger partial charge >= 0.3 is 0 Å². The quantitative estimate of drug-likeness (QED) is 0.696. The Morgan fingerprint density at radius 3 is 2.55 bits per heavy atom. The molecule has 1 aromatic rings. The average Bonchev–Trinajstić information content (AvgIpc) is 2.30. The van der Waals surface area contributed by atoms with Crippen LogP contribution in [0.4, 0.5) is 0 Å². The van der Waals surface area contributed by atoms with Crippen molar-refractivity contribution < 1.29 is 0 Å². The van der Waals surface area contributed by atoms with E-state index < -0.39 is 0 Å². The number of rotatable bonds is 2. The maximum Gasteiger partial charge on any atom is 0.0533 e. The third-order valence-electron chi connectivity index (χ3n) is 1.78. The van der Waals surface area contributed by atoms with Crippen LogP contribution >= 0.6 is 15.9 Å². The molecule has 3 heteroatoms. The highest BCUT2D eigenvalue weighted by Crippen LogP contribution is 2.14.